The molecule has 2 heteroatoms. The second kappa shape index (κ2) is 2.41. The molecule has 0 spiro atoms. The van der Waals surface area contributed by atoms with Crippen LogP contribution in [-0.4, -0.2) is 5.11 Å². The molecule has 1 aromatic rings. The maximum Gasteiger partial charge on any atom is 0.138 e. The first-order valence-corrected chi connectivity index (χ1v) is 4.74. The van der Waals surface area contributed by atoms with Crippen LogP contribution >= 0.6 is 0 Å². The summed E-state index contributed by atoms with van der Waals surface area (Å²) in [6, 6.07) is 3.67. The quantitative estimate of drug-likeness (QED) is 0.481. The summed E-state index contributed by atoms with van der Waals surface area (Å²) < 4.78 is 0. The van der Waals surface area contributed by atoms with Crippen LogP contribution in [0.1, 0.15) is 23.0 Å². The Bertz CT molecular complexity index is 417. The molecule has 2 aliphatic carbocycles. The zero-order valence-corrected chi connectivity index (χ0v) is 7.64. The number of nitrogens with two attached hydrogens (primary N) is 1. The summed E-state index contributed by atoms with van der Waals surface area (Å²) in [7, 11) is 0. The minimum atomic E-state index is 0.199. The summed E-state index contributed by atoms with van der Waals surface area (Å²) in [6.45, 7) is 0. The van der Waals surface area contributed by atoms with Crippen molar-refractivity contribution >= 4 is 5.69 Å². The molecule has 0 bridgehead atoms. The van der Waals surface area contributed by atoms with Gasteiger partial charge in [0.25, 0.3) is 0 Å². The van der Waals surface area contributed by atoms with E-state index in [9.17, 15) is 5.11 Å². The molecule has 3 rings (SSSR count). The van der Waals surface area contributed by atoms with Gasteiger partial charge in [-0.25, -0.2) is 0 Å². The first-order chi connectivity index (χ1) is 6.77. The van der Waals surface area contributed by atoms with Crippen LogP contribution in [0, 0.1) is 0 Å². The van der Waals surface area contributed by atoms with Gasteiger partial charge in [-0.1, -0.05) is 24.3 Å². The average molecular weight is 185 g/mol. The van der Waals surface area contributed by atoms with Crippen LogP contribution in [0.4, 0.5) is 5.69 Å². The second-order valence-corrected chi connectivity index (χ2v) is 3.86. The number of hydrogen-bond donors (Lipinski definition) is 2. The second-order valence-electron chi connectivity index (χ2n) is 3.86. The number of allylic oxidation sites excluding steroid dienone is 4. The van der Waals surface area contributed by atoms with Crippen LogP contribution in [0.3, 0.4) is 0 Å². The number of rotatable bonds is 0. The van der Waals surface area contributed by atoms with Gasteiger partial charge in [0.1, 0.15) is 5.75 Å². The highest BCUT2D eigenvalue weighted by Gasteiger charge is 2.35. The van der Waals surface area contributed by atoms with Crippen molar-refractivity contribution in [3.63, 3.8) is 0 Å². The molecule has 2 unspecified atom stereocenters. The van der Waals surface area contributed by atoms with E-state index in [1.165, 1.54) is 11.1 Å². The smallest absolute Gasteiger partial charge is 0.138 e. The van der Waals surface area contributed by atoms with E-state index in [4.69, 9.17) is 5.73 Å². The zero-order valence-electron chi connectivity index (χ0n) is 7.64. The molecule has 70 valence electrons. The van der Waals surface area contributed by atoms with Gasteiger partial charge in [-0.05, 0) is 23.3 Å². The first-order valence-electron chi connectivity index (χ1n) is 4.74. The molecule has 0 saturated heterocycles. The molecule has 1 aromatic carbocycles. The number of fused-ring (bicyclic) bond motifs is 4. The largest absolute Gasteiger partial charge is 0.506 e. The number of phenols is 1. The van der Waals surface area contributed by atoms with Crippen LogP contribution in [0.15, 0.2) is 36.4 Å². The topological polar surface area (TPSA) is 46.2 Å². The fraction of sp³-hybridized carbons (Fsp3) is 0.167. The van der Waals surface area contributed by atoms with Crippen LogP contribution in [0.25, 0.3) is 0 Å². The third-order valence-electron chi connectivity index (χ3n) is 3.09. The van der Waals surface area contributed by atoms with Crippen molar-refractivity contribution in [2.75, 3.05) is 5.73 Å². The predicted molar refractivity (Wildman–Crippen MR) is 56.3 cm³/mol. The molecule has 0 aliphatic heterocycles. The van der Waals surface area contributed by atoms with E-state index in [2.05, 4.69) is 24.3 Å². The molecule has 0 heterocycles. The maximum atomic E-state index is 9.48. The molecule has 0 radical (unpaired) electrons. The molecule has 0 saturated carbocycles. The van der Waals surface area contributed by atoms with Crippen LogP contribution < -0.4 is 5.73 Å². The molecular weight excluding hydrogens is 174 g/mol. The molecule has 0 fully saturated rings. The molecule has 0 aromatic heterocycles. The van der Waals surface area contributed by atoms with Gasteiger partial charge in [-0.3, -0.25) is 0 Å². The highest BCUT2D eigenvalue weighted by Crippen LogP contribution is 2.51. The third kappa shape index (κ3) is 0.803. The van der Waals surface area contributed by atoms with Crippen molar-refractivity contribution in [3.8, 4) is 5.75 Å². The number of anilines is 1. The van der Waals surface area contributed by atoms with Crippen molar-refractivity contribution in [2.24, 2.45) is 0 Å². The fourth-order valence-electron chi connectivity index (χ4n) is 2.32. The average Bonchev–Trinajstić information content (AvgIpc) is 2.21. The first kappa shape index (κ1) is 7.68. The van der Waals surface area contributed by atoms with Crippen molar-refractivity contribution in [2.45, 2.75) is 11.8 Å². The highest BCUT2D eigenvalue weighted by molar-refractivity contribution is 5.64. The van der Waals surface area contributed by atoms with Gasteiger partial charge in [-0.2, -0.15) is 0 Å². The summed E-state index contributed by atoms with van der Waals surface area (Å²) in [5, 5.41) is 9.48. The minimum Gasteiger partial charge on any atom is -0.506 e. The molecular formula is C12H11NO. The molecule has 2 aliphatic rings. The Morgan fingerprint density at radius 3 is 2.21 bits per heavy atom. The normalized spacial score (nSPS) is 26.6. The van der Waals surface area contributed by atoms with Crippen molar-refractivity contribution in [1.82, 2.24) is 0 Å². The van der Waals surface area contributed by atoms with Gasteiger partial charge in [0, 0.05) is 11.8 Å². The summed E-state index contributed by atoms with van der Waals surface area (Å²) in [5.74, 6) is 1.12. The van der Waals surface area contributed by atoms with Crippen LogP contribution in [0.2, 0.25) is 0 Å². The SMILES string of the molecule is Nc1cc2c(cc1O)C1C=CC=CC21. The van der Waals surface area contributed by atoms with E-state index in [1.807, 2.05) is 6.07 Å². The Balaban J connectivity index is 2.16. The minimum absolute atomic E-state index is 0.199. The van der Waals surface area contributed by atoms with Crippen LogP contribution in [0.5, 0.6) is 5.75 Å². The Kier molecular flexibility index (Phi) is 1.32. The Morgan fingerprint density at radius 2 is 1.57 bits per heavy atom. The lowest BCUT2D eigenvalue weighted by Crippen LogP contribution is -2.22. The molecule has 3 N–H and O–H groups in total. The Labute approximate surface area is 82.4 Å². The lowest BCUT2D eigenvalue weighted by molar-refractivity contribution is 0.473. The summed E-state index contributed by atoms with van der Waals surface area (Å²) in [6.07, 6.45) is 8.47. The molecule has 2 nitrogen and oxygen atoms in total. The van der Waals surface area contributed by atoms with Gasteiger partial charge in [-0.15, -0.1) is 0 Å². The van der Waals surface area contributed by atoms with Gasteiger partial charge in [0.05, 0.1) is 5.69 Å². The van der Waals surface area contributed by atoms with E-state index in [1.54, 1.807) is 6.07 Å². The standard InChI is InChI=1S/C12H11NO/c13-11-5-9-7-3-1-2-4-8(7)10(9)6-12(11)14/h1-8,14H,13H2. The van der Waals surface area contributed by atoms with Gasteiger partial charge < -0.3 is 10.8 Å². The summed E-state index contributed by atoms with van der Waals surface area (Å²) in [4.78, 5) is 0. The Morgan fingerprint density at radius 1 is 1.00 bits per heavy atom. The number of phenolic OH excluding ortho intramolecular Hbond substituents is 1. The third-order valence-corrected chi connectivity index (χ3v) is 3.09. The summed E-state index contributed by atoms with van der Waals surface area (Å²) in [5.41, 5.74) is 8.60. The van der Waals surface area contributed by atoms with Crippen molar-refractivity contribution < 1.29 is 5.11 Å². The fourth-order valence-corrected chi connectivity index (χ4v) is 2.32. The van der Waals surface area contributed by atoms with E-state index in [0.29, 0.717) is 17.5 Å². The van der Waals surface area contributed by atoms with Crippen molar-refractivity contribution in [1.29, 1.82) is 0 Å². The zero-order chi connectivity index (χ0) is 9.71. The lowest BCUT2D eigenvalue weighted by atomic mass is 9.66. The number of benzene rings is 1. The van der Waals surface area contributed by atoms with Crippen molar-refractivity contribution in [3.05, 3.63) is 47.6 Å². The van der Waals surface area contributed by atoms with E-state index < -0.39 is 0 Å². The number of aromatic hydroxyl groups is 1. The monoisotopic (exact) mass is 185 g/mol. The van der Waals surface area contributed by atoms with E-state index >= 15 is 0 Å². The number of hydrogen-bond acceptors (Lipinski definition) is 2. The van der Waals surface area contributed by atoms with E-state index in [-0.39, 0.29) is 5.75 Å². The summed E-state index contributed by atoms with van der Waals surface area (Å²) >= 11 is 0. The number of nitrogen functional groups attached to an aromatic ring is 1. The maximum absolute atomic E-state index is 9.48. The van der Waals surface area contributed by atoms with Gasteiger partial charge >= 0.3 is 0 Å². The molecule has 0 amide bonds. The highest BCUT2D eigenvalue weighted by atomic mass is 16.3. The molecule has 14 heavy (non-hydrogen) atoms. The predicted octanol–water partition coefficient (Wildman–Crippen LogP) is 2.28. The van der Waals surface area contributed by atoms with E-state index in [0.717, 1.165) is 0 Å². The van der Waals surface area contributed by atoms with Gasteiger partial charge in [0.2, 0.25) is 0 Å². The van der Waals surface area contributed by atoms with Gasteiger partial charge in [0.15, 0.2) is 0 Å². The van der Waals surface area contributed by atoms with Crippen LogP contribution in [-0.2, 0) is 0 Å². The molecule has 2 atom stereocenters. The Hall–Kier alpha value is -1.70. The lowest BCUT2D eigenvalue weighted by Gasteiger charge is -2.38.